The summed E-state index contributed by atoms with van der Waals surface area (Å²) in [5.74, 6) is 0.257. The molecule has 0 aliphatic carbocycles. The van der Waals surface area contributed by atoms with E-state index in [2.05, 4.69) is 5.32 Å². The summed E-state index contributed by atoms with van der Waals surface area (Å²) in [6.07, 6.45) is 0. The van der Waals surface area contributed by atoms with E-state index in [1.54, 1.807) is 36.4 Å². The van der Waals surface area contributed by atoms with Gasteiger partial charge in [-0.1, -0.05) is 17.7 Å². The van der Waals surface area contributed by atoms with E-state index in [1.807, 2.05) is 6.92 Å². The first kappa shape index (κ1) is 14.2. The Balaban J connectivity index is 1.92. The molecule has 0 spiro atoms. The van der Waals surface area contributed by atoms with E-state index >= 15 is 0 Å². The number of nitrogens with one attached hydrogen (secondary N) is 1. The summed E-state index contributed by atoms with van der Waals surface area (Å²) in [5, 5.41) is 12.6. The van der Waals surface area contributed by atoms with E-state index in [0.717, 1.165) is 5.56 Å². The molecular weight excluding hydrogens is 278 g/mol. The SMILES string of the molecule is Cc1cc(O)cc(OCC(=O)Nc2cccc(Cl)c2)c1. The maximum atomic E-state index is 11.7. The third-order valence-corrected chi connectivity index (χ3v) is 2.75. The zero-order valence-electron chi connectivity index (χ0n) is 10.9. The molecular formula is C15H14ClNO3. The second kappa shape index (κ2) is 6.30. The van der Waals surface area contributed by atoms with Crippen LogP contribution in [-0.4, -0.2) is 17.6 Å². The van der Waals surface area contributed by atoms with Gasteiger partial charge >= 0.3 is 0 Å². The second-order valence-electron chi connectivity index (χ2n) is 4.35. The molecule has 104 valence electrons. The second-order valence-corrected chi connectivity index (χ2v) is 4.79. The van der Waals surface area contributed by atoms with Gasteiger partial charge in [-0.3, -0.25) is 4.79 Å². The van der Waals surface area contributed by atoms with Gasteiger partial charge in [-0.15, -0.1) is 0 Å². The molecule has 0 bridgehead atoms. The molecule has 2 rings (SSSR count). The zero-order chi connectivity index (χ0) is 14.5. The van der Waals surface area contributed by atoms with Crippen LogP contribution in [0, 0.1) is 6.92 Å². The number of hydrogen-bond acceptors (Lipinski definition) is 3. The van der Waals surface area contributed by atoms with Gasteiger partial charge in [-0.25, -0.2) is 0 Å². The molecule has 0 atom stereocenters. The molecule has 2 aromatic carbocycles. The zero-order valence-corrected chi connectivity index (χ0v) is 11.6. The van der Waals surface area contributed by atoms with Crippen LogP contribution in [0.1, 0.15) is 5.56 Å². The summed E-state index contributed by atoms with van der Waals surface area (Å²) in [6.45, 7) is 1.69. The fourth-order valence-electron chi connectivity index (χ4n) is 1.72. The van der Waals surface area contributed by atoms with Crippen molar-refractivity contribution in [2.75, 3.05) is 11.9 Å². The largest absolute Gasteiger partial charge is 0.508 e. The van der Waals surface area contributed by atoms with Crippen LogP contribution in [-0.2, 0) is 4.79 Å². The van der Waals surface area contributed by atoms with Gasteiger partial charge in [-0.05, 0) is 42.8 Å². The van der Waals surface area contributed by atoms with Crippen molar-refractivity contribution in [1.82, 2.24) is 0 Å². The van der Waals surface area contributed by atoms with Crippen LogP contribution in [0.2, 0.25) is 5.02 Å². The lowest BCUT2D eigenvalue weighted by Crippen LogP contribution is -2.20. The molecule has 5 heteroatoms. The molecule has 0 aliphatic heterocycles. The number of carbonyl (C=O) groups excluding carboxylic acids is 1. The molecule has 0 aromatic heterocycles. The minimum absolute atomic E-state index is 0.107. The molecule has 0 aliphatic rings. The summed E-state index contributed by atoms with van der Waals surface area (Å²) in [4.78, 5) is 11.7. The number of benzene rings is 2. The Morgan fingerprint density at radius 2 is 2.10 bits per heavy atom. The van der Waals surface area contributed by atoms with Gasteiger partial charge in [-0.2, -0.15) is 0 Å². The Kier molecular flexibility index (Phi) is 4.48. The van der Waals surface area contributed by atoms with Crippen molar-refractivity contribution in [3.63, 3.8) is 0 Å². The minimum Gasteiger partial charge on any atom is -0.508 e. The summed E-state index contributed by atoms with van der Waals surface area (Å²) in [7, 11) is 0. The van der Waals surface area contributed by atoms with Crippen molar-refractivity contribution >= 4 is 23.2 Å². The topological polar surface area (TPSA) is 58.6 Å². The summed E-state index contributed by atoms with van der Waals surface area (Å²) in [5.41, 5.74) is 1.47. The van der Waals surface area contributed by atoms with Crippen LogP contribution in [0.15, 0.2) is 42.5 Å². The molecule has 2 aromatic rings. The van der Waals surface area contributed by atoms with E-state index in [9.17, 15) is 9.90 Å². The van der Waals surface area contributed by atoms with Gasteiger partial charge in [0.15, 0.2) is 6.61 Å². The average molecular weight is 292 g/mol. The van der Waals surface area contributed by atoms with Gasteiger partial charge in [0.1, 0.15) is 11.5 Å². The number of ether oxygens (including phenoxy) is 1. The maximum Gasteiger partial charge on any atom is 0.262 e. The lowest BCUT2D eigenvalue weighted by molar-refractivity contribution is -0.118. The number of amides is 1. The number of carbonyl (C=O) groups is 1. The van der Waals surface area contributed by atoms with Gasteiger partial charge in [0.05, 0.1) is 0 Å². The first-order valence-electron chi connectivity index (χ1n) is 6.02. The van der Waals surface area contributed by atoms with Crippen LogP contribution >= 0.6 is 11.6 Å². The van der Waals surface area contributed by atoms with Crippen molar-refractivity contribution in [3.05, 3.63) is 53.1 Å². The molecule has 0 radical (unpaired) electrons. The van der Waals surface area contributed by atoms with E-state index < -0.39 is 0 Å². The van der Waals surface area contributed by atoms with Crippen molar-refractivity contribution < 1.29 is 14.6 Å². The predicted octanol–water partition coefficient (Wildman–Crippen LogP) is 3.37. The number of phenols is 1. The third-order valence-electron chi connectivity index (χ3n) is 2.51. The standard InChI is InChI=1S/C15H14ClNO3/c1-10-5-13(18)8-14(6-10)20-9-15(19)17-12-4-2-3-11(16)7-12/h2-8,18H,9H2,1H3,(H,17,19). The highest BCUT2D eigenvalue weighted by Gasteiger charge is 2.05. The monoisotopic (exact) mass is 291 g/mol. The highest BCUT2D eigenvalue weighted by molar-refractivity contribution is 6.30. The third kappa shape index (κ3) is 4.17. The van der Waals surface area contributed by atoms with E-state index in [-0.39, 0.29) is 18.3 Å². The molecule has 0 fully saturated rings. The van der Waals surface area contributed by atoms with E-state index in [4.69, 9.17) is 16.3 Å². The van der Waals surface area contributed by atoms with Crippen molar-refractivity contribution in [2.24, 2.45) is 0 Å². The molecule has 2 N–H and O–H groups in total. The first-order chi connectivity index (χ1) is 9.52. The summed E-state index contributed by atoms with van der Waals surface area (Å²) in [6, 6.07) is 11.7. The quantitative estimate of drug-likeness (QED) is 0.908. The molecule has 20 heavy (non-hydrogen) atoms. The summed E-state index contributed by atoms with van der Waals surface area (Å²) >= 11 is 5.83. The normalized spacial score (nSPS) is 10.1. The Bertz CT molecular complexity index is 608. The van der Waals surface area contributed by atoms with E-state index in [0.29, 0.717) is 16.5 Å². The summed E-state index contributed by atoms with van der Waals surface area (Å²) < 4.78 is 5.33. The number of aryl methyl sites for hydroxylation is 1. The lowest BCUT2D eigenvalue weighted by atomic mass is 10.2. The molecule has 1 amide bonds. The number of hydrogen-bond donors (Lipinski definition) is 2. The molecule has 0 saturated heterocycles. The van der Waals surface area contributed by atoms with Gasteiger partial charge < -0.3 is 15.2 Å². The van der Waals surface area contributed by atoms with Gasteiger partial charge in [0, 0.05) is 16.8 Å². The Hall–Kier alpha value is -2.20. The van der Waals surface area contributed by atoms with Gasteiger partial charge in [0.2, 0.25) is 0 Å². The number of phenolic OH excluding ortho intramolecular Hbond substituents is 1. The highest BCUT2D eigenvalue weighted by Crippen LogP contribution is 2.21. The predicted molar refractivity (Wildman–Crippen MR) is 78.4 cm³/mol. The van der Waals surface area contributed by atoms with Crippen molar-refractivity contribution in [2.45, 2.75) is 6.92 Å². The number of aromatic hydroxyl groups is 1. The Labute approximate surface area is 122 Å². The fraction of sp³-hybridized carbons (Fsp3) is 0.133. The first-order valence-corrected chi connectivity index (χ1v) is 6.39. The number of halogens is 1. The van der Waals surface area contributed by atoms with Crippen LogP contribution in [0.3, 0.4) is 0 Å². The van der Waals surface area contributed by atoms with Crippen LogP contribution in [0.4, 0.5) is 5.69 Å². The van der Waals surface area contributed by atoms with E-state index in [1.165, 1.54) is 6.07 Å². The number of rotatable bonds is 4. The molecule has 0 saturated carbocycles. The van der Waals surface area contributed by atoms with Crippen LogP contribution in [0.25, 0.3) is 0 Å². The maximum absolute atomic E-state index is 11.7. The average Bonchev–Trinajstić information content (AvgIpc) is 2.35. The van der Waals surface area contributed by atoms with Crippen LogP contribution < -0.4 is 10.1 Å². The smallest absolute Gasteiger partial charge is 0.262 e. The van der Waals surface area contributed by atoms with Crippen molar-refractivity contribution in [3.8, 4) is 11.5 Å². The fourth-order valence-corrected chi connectivity index (χ4v) is 1.91. The molecule has 0 heterocycles. The van der Waals surface area contributed by atoms with Gasteiger partial charge in [0.25, 0.3) is 5.91 Å². The molecule has 0 unspecified atom stereocenters. The van der Waals surface area contributed by atoms with Crippen LogP contribution in [0.5, 0.6) is 11.5 Å². The van der Waals surface area contributed by atoms with Crippen molar-refractivity contribution in [1.29, 1.82) is 0 Å². The highest BCUT2D eigenvalue weighted by atomic mass is 35.5. The minimum atomic E-state index is -0.298. The lowest BCUT2D eigenvalue weighted by Gasteiger charge is -2.08. The number of anilines is 1. The molecule has 4 nitrogen and oxygen atoms in total. The Morgan fingerprint density at radius 1 is 1.30 bits per heavy atom. The Morgan fingerprint density at radius 3 is 2.80 bits per heavy atom.